The van der Waals surface area contributed by atoms with Gasteiger partial charge in [-0.2, -0.15) is 0 Å². The van der Waals surface area contributed by atoms with Gasteiger partial charge in [0.2, 0.25) is 0 Å². The number of benzene rings is 2. The minimum Gasteiger partial charge on any atom is -0.489 e. The minimum absolute atomic E-state index is 0.121. The number of carbonyl (C=O) groups excluding carboxylic acids is 1. The minimum atomic E-state index is -0.281. The fraction of sp³-hybridized carbons (Fsp3) is 0.211. The van der Waals surface area contributed by atoms with E-state index in [4.69, 9.17) is 9.15 Å². The Balaban J connectivity index is 1.74. The van der Waals surface area contributed by atoms with E-state index < -0.39 is 0 Å². The number of hydrogen-bond acceptors (Lipinski definition) is 5. The topological polar surface area (TPSA) is 68.9 Å². The third-order valence-electron chi connectivity index (χ3n) is 3.72. The van der Waals surface area contributed by atoms with Gasteiger partial charge >= 0.3 is 5.97 Å². The van der Waals surface area contributed by atoms with Gasteiger partial charge in [0.25, 0.3) is 0 Å². The zero-order valence-electron chi connectivity index (χ0n) is 13.6. The van der Waals surface area contributed by atoms with Crippen molar-refractivity contribution in [1.29, 1.82) is 0 Å². The van der Waals surface area contributed by atoms with Crippen molar-refractivity contribution in [1.82, 2.24) is 0 Å². The van der Waals surface area contributed by atoms with Gasteiger partial charge < -0.3 is 19.0 Å². The molecule has 0 aliphatic rings. The molecule has 2 aromatic carbocycles. The Hall–Kier alpha value is -2.06. The molecule has 0 saturated heterocycles. The average molecular weight is 452 g/mol. The average Bonchev–Trinajstić information content (AvgIpc) is 3.04. The molecule has 25 heavy (non-hydrogen) atoms. The monoisotopic (exact) mass is 452 g/mol. The Bertz CT molecular complexity index is 900. The quantitative estimate of drug-likeness (QED) is 0.455. The molecule has 3 rings (SSSR count). The van der Waals surface area contributed by atoms with Crippen LogP contribution in [0, 0.1) is 3.57 Å². The molecule has 130 valence electrons. The summed E-state index contributed by atoms with van der Waals surface area (Å²) in [5.41, 5.74) is 2.62. The highest BCUT2D eigenvalue weighted by atomic mass is 127. The van der Waals surface area contributed by atoms with E-state index in [0.717, 1.165) is 25.7 Å². The lowest BCUT2D eigenvalue weighted by molar-refractivity contribution is -0.139. The van der Waals surface area contributed by atoms with Crippen LogP contribution in [0.5, 0.6) is 5.75 Å². The van der Waals surface area contributed by atoms with Crippen LogP contribution in [0.3, 0.4) is 0 Å². The van der Waals surface area contributed by atoms with Gasteiger partial charge in [-0.25, -0.2) is 0 Å². The third-order valence-corrected chi connectivity index (χ3v) is 4.52. The second-order valence-corrected chi connectivity index (χ2v) is 6.72. The van der Waals surface area contributed by atoms with Crippen LogP contribution in [0.1, 0.15) is 16.9 Å². The molecule has 5 nitrogen and oxygen atoms in total. The third kappa shape index (κ3) is 4.32. The summed E-state index contributed by atoms with van der Waals surface area (Å²) in [6, 6.07) is 13.2. The standard InChI is InChI=1S/C19H17IO5/c1-23-18(22)8-12-3-2-4-15(6-12)24-11-13-5-14-9-16(10-21)25-19(14)17(20)7-13/h2-7,9,21H,8,10-11H2,1H3. The van der Waals surface area contributed by atoms with Gasteiger partial charge in [0, 0.05) is 5.39 Å². The molecule has 0 bridgehead atoms. The second kappa shape index (κ2) is 7.88. The van der Waals surface area contributed by atoms with E-state index in [1.807, 2.05) is 42.5 Å². The lowest BCUT2D eigenvalue weighted by Crippen LogP contribution is -2.04. The number of furan rings is 1. The van der Waals surface area contributed by atoms with Crippen molar-refractivity contribution in [3.63, 3.8) is 0 Å². The van der Waals surface area contributed by atoms with Crippen LogP contribution in [0.25, 0.3) is 11.0 Å². The van der Waals surface area contributed by atoms with Crippen molar-refractivity contribution in [3.05, 3.63) is 62.9 Å². The van der Waals surface area contributed by atoms with Crippen molar-refractivity contribution in [2.45, 2.75) is 19.6 Å². The second-order valence-electron chi connectivity index (χ2n) is 5.56. The van der Waals surface area contributed by atoms with Crippen molar-refractivity contribution in [2.24, 2.45) is 0 Å². The maximum atomic E-state index is 11.4. The van der Waals surface area contributed by atoms with Crippen LogP contribution in [0.2, 0.25) is 0 Å². The number of fused-ring (bicyclic) bond motifs is 1. The van der Waals surface area contributed by atoms with Crippen LogP contribution >= 0.6 is 22.6 Å². The smallest absolute Gasteiger partial charge is 0.309 e. The van der Waals surface area contributed by atoms with E-state index >= 15 is 0 Å². The normalized spacial score (nSPS) is 10.8. The van der Waals surface area contributed by atoms with Crippen molar-refractivity contribution < 1.29 is 23.8 Å². The maximum Gasteiger partial charge on any atom is 0.309 e. The zero-order chi connectivity index (χ0) is 17.8. The maximum absolute atomic E-state index is 11.4. The molecule has 1 N–H and O–H groups in total. The van der Waals surface area contributed by atoms with E-state index in [0.29, 0.717) is 18.1 Å². The summed E-state index contributed by atoms with van der Waals surface area (Å²) in [5, 5.41) is 10.1. The molecule has 0 spiro atoms. The predicted octanol–water partition coefficient (Wildman–Crippen LogP) is 3.82. The van der Waals surface area contributed by atoms with Gasteiger partial charge in [-0.3, -0.25) is 4.79 Å². The highest BCUT2D eigenvalue weighted by Gasteiger charge is 2.09. The van der Waals surface area contributed by atoms with E-state index in [9.17, 15) is 9.90 Å². The highest BCUT2D eigenvalue weighted by molar-refractivity contribution is 14.1. The van der Waals surface area contributed by atoms with Gasteiger partial charge in [-0.05, 0) is 64.0 Å². The number of hydrogen-bond donors (Lipinski definition) is 1. The van der Waals surface area contributed by atoms with Crippen molar-refractivity contribution >= 4 is 39.5 Å². The molecule has 1 aromatic heterocycles. The largest absolute Gasteiger partial charge is 0.489 e. The molecular weight excluding hydrogens is 435 g/mol. The number of carbonyl (C=O) groups is 1. The van der Waals surface area contributed by atoms with E-state index in [-0.39, 0.29) is 19.0 Å². The SMILES string of the molecule is COC(=O)Cc1cccc(OCc2cc(I)c3oc(CO)cc3c2)c1. The molecule has 0 amide bonds. The first kappa shape index (κ1) is 17.8. The molecule has 3 aromatic rings. The molecule has 1 heterocycles. The first-order valence-electron chi connectivity index (χ1n) is 7.69. The Labute approximate surface area is 158 Å². The van der Waals surface area contributed by atoms with Crippen LogP contribution in [0.15, 0.2) is 46.9 Å². The summed E-state index contributed by atoms with van der Waals surface area (Å²) in [5.74, 6) is 0.957. The molecule has 0 atom stereocenters. The fourth-order valence-electron chi connectivity index (χ4n) is 2.53. The fourth-order valence-corrected chi connectivity index (χ4v) is 3.36. The number of ether oxygens (including phenoxy) is 2. The first-order chi connectivity index (χ1) is 12.1. The van der Waals surface area contributed by atoms with Crippen LogP contribution < -0.4 is 4.74 Å². The van der Waals surface area contributed by atoms with Gasteiger partial charge in [0.15, 0.2) is 0 Å². The molecule has 0 aliphatic heterocycles. The number of rotatable bonds is 6. The van der Waals surface area contributed by atoms with Crippen LogP contribution in [0.4, 0.5) is 0 Å². The molecular formula is C19H17IO5. The number of halogens is 1. The zero-order valence-corrected chi connectivity index (χ0v) is 15.8. The summed E-state index contributed by atoms with van der Waals surface area (Å²) in [6.07, 6.45) is 0.219. The molecule has 0 fully saturated rings. The summed E-state index contributed by atoms with van der Waals surface area (Å²) in [7, 11) is 1.37. The lowest BCUT2D eigenvalue weighted by atomic mass is 10.1. The summed E-state index contributed by atoms with van der Waals surface area (Å²) >= 11 is 2.21. The molecule has 0 saturated carbocycles. The van der Waals surface area contributed by atoms with Crippen LogP contribution in [-0.4, -0.2) is 18.2 Å². The molecule has 0 radical (unpaired) electrons. The van der Waals surface area contributed by atoms with E-state index in [1.165, 1.54) is 7.11 Å². The Kier molecular flexibility index (Phi) is 5.60. The number of aliphatic hydroxyl groups is 1. The number of methoxy groups -OCH3 is 1. The number of esters is 1. The van der Waals surface area contributed by atoms with Gasteiger partial charge in [-0.15, -0.1) is 0 Å². The lowest BCUT2D eigenvalue weighted by Gasteiger charge is -2.08. The van der Waals surface area contributed by atoms with E-state index in [2.05, 4.69) is 27.3 Å². The van der Waals surface area contributed by atoms with Gasteiger partial charge in [0.05, 0.1) is 17.1 Å². The van der Waals surface area contributed by atoms with Gasteiger partial charge in [0.1, 0.15) is 30.3 Å². The van der Waals surface area contributed by atoms with E-state index in [1.54, 1.807) is 0 Å². The van der Waals surface area contributed by atoms with Crippen LogP contribution in [-0.2, 0) is 29.2 Å². The molecule has 6 heteroatoms. The summed E-state index contributed by atoms with van der Waals surface area (Å²) in [4.78, 5) is 11.4. The Morgan fingerprint density at radius 1 is 1.20 bits per heavy atom. The highest BCUT2D eigenvalue weighted by Crippen LogP contribution is 2.27. The Morgan fingerprint density at radius 2 is 2.04 bits per heavy atom. The molecule has 0 aliphatic carbocycles. The summed E-state index contributed by atoms with van der Waals surface area (Å²) in [6.45, 7) is 0.275. The summed E-state index contributed by atoms with van der Waals surface area (Å²) < 4.78 is 17.1. The number of aliphatic hydroxyl groups excluding tert-OH is 1. The Morgan fingerprint density at radius 3 is 2.80 bits per heavy atom. The van der Waals surface area contributed by atoms with Gasteiger partial charge in [-0.1, -0.05) is 12.1 Å². The molecule has 0 unspecified atom stereocenters. The predicted molar refractivity (Wildman–Crippen MR) is 101 cm³/mol. The van der Waals surface area contributed by atoms with Crippen molar-refractivity contribution in [2.75, 3.05) is 7.11 Å². The first-order valence-corrected chi connectivity index (χ1v) is 8.77. The van der Waals surface area contributed by atoms with Crippen molar-refractivity contribution in [3.8, 4) is 5.75 Å².